The van der Waals surface area contributed by atoms with Crippen LogP contribution in [-0.2, 0) is 19.9 Å². The molecule has 0 radical (unpaired) electrons. The monoisotopic (exact) mass is 382 g/mol. The molecule has 1 aliphatic heterocycles. The quantitative estimate of drug-likeness (QED) is 0.764. The molecule has 1 saturated heterocycles. The summed E-state index contributed by atoms with van der Waals surface area (Å²) in [6.45, 7) is 0.157. The lowest BCUT2D eigenvalue weighted by atomic mass is 10.3. The lowest BCUT2D eigenvalue weighted by Crippen LogP contribution is -2.34. The largest absolute Gasteiger partial charge is 0.398 e. The number of nitrogens with zero attached hydrogens (tertiary/aromatic N) is 1. The minimum absolute atomic E-state index is 0.00572. The number of benzene rings is 1. The number of halogens is 1. The van der Waals surface area contributed by atoms with Crippen LogP contribution >= 0.6 is 15.9 Å². The normalized spacial score (nSPS) is 20.4. The van der Waals surface area contributed by atoms with Crippen LogP contribution in [0, 0.1) is 0 Å². The molecule has 0 spiro atoms. The summed E-state index contributed by atoms with van der Waals surface area (Å²) in [4.78, 5) is 0.00572. The molecule has 0 atom stereocenters. The molecule has 2 N–H and O–H groups in total. The smallest absolute Gasteiger partial charge is 0.245 e. The lowest BCUT2D eigenvalue weighted by molar-refractivity contribution is 0.435. The number of rotatable bonds is 2. The second-order valence-electron chi connectivity index (χ2n) is 4.59. The Balaban J connectivity index is 2.37. The Bertz CT molecular complexity index is 716. The van der Waals surface area contributed by atoms with E-state index < -0.39 is 19.9 Å². The van der Waals surface area contributed by atoms with Gasteiger partial charge >= 0.3 is 0 Å². The molecule has 1 aromatic rings. The zero-order chi connectivity index (χ0) is 15.0. The van der Waals surface area contributed by atoms with Gasteiger partial charge in [0.25, 0.3) is 0 Å². The van der Waals surface area contributed by atoms with E-state index >= 15 is 0 Å². The molecule has 0 bridgehead atoms. The summed E-state index contributed by atoms with van der Waals surface area (Å²) in [6, 6.07) is 4.59. The first-order valence-corrected chi connectivity index (χ1v) is 10.0. The molecule has 1 heterocycles. The fraction of sp³-hybridized carbons (Fsp3) is 0.455. The van der Waals surface area contributed by atoms with E-state index in [9.17, 15) is 16.8 Å². The van der Waals surface area contributed by atoms with Gasteiger partial charge in [-0.15, -0.1) is 0 Å². The van der Waals surface area contributed by atoms with Crippen molar-refractivity contribution in [1.29, 1.82) is 0 Å². The third-order valence-corrected chi connectivity index (χ3v) is 7.27. The van der Waals surface area contributed by atoms with Gasteiger partial charge in [0.05, 0.1) is 17.2 Å². The summed E-state index contributed by atoms with van der Waals surface area (Å²) < 4.78 is 50.0. The second-order valence-corrected chi connectivity index (χ2v) is 9.72. The van der Waals surface area contributed by atoms with Gasteiger partial charge in [0.15, 0.2) is 9.84 Å². The van der Waals surface area contributed by atoms with Crippen molar-refractivity contribution in [3.63, 3.8) is 0 Å². The van der Waals surface area contributed by atoms with Gasteiger partial charge < -0.3 is 5.73 Å². The molecule has 9 heteroatoms. The first-order valence-electron chi connectivity index (χ1n) is 5.98. The van der Waals surface area contributed by atoms with Crippen LogP contribution in [0.4, 0.5) is 5.69 Å². The molecule has 1 aliphatic rings. The maximum Gasteiger partial charge on any atom is 0.245 e. The Morgan fingerprint density at radius 1 is 1.20 bits per heavy atom. The van der Waals surface area contributed by atoms with E-state index in [0.717, 1.165) is 0 Å². The maximum absolute atomic E-state index is 12.6. The number of sulfone groups is 1. The highest BCUT2D eigenvalue weighted by Crippen LogP contribution is 2.26. The van der Waals surface area contributed by atoms with Gasteiger partial charge in [-0.25, -0.2) is 16.8 Å². The Morgan fingerprint density at radius 2 is 1.90 bits per heavy atom. The molecule has 112 valence electrons. The fourth-order valence-corrected chi connectivity index (χ4v) is 5.55. The van der Waals surface area contributed by atoms with Crippen LogP contribution in [0.15, 0.2) is 27.6 Å². The molecule has 0 saturated carbocycles. The molecule has 6 nitrogen and oxygen atoms in total. The van der Waals surface area contributed by atoms with Crippen molar-refractivity contribution in [2.45, 2.75) is 11.3 Å². The van der Waals surface area contributed by atoms with Crippen LogP contribution in [0.5, 0.6) is 0 Å². The Hall–Kier alpha value is -0.640. The van der Waals surface area contributed by atoms with E-state index in [2.05, 4.69) is 15.9 Å². The van der Waals surface area contributed by atoms with Crippen molar-refractivity contribution in [2.75, 3.05) is 30.3 Å². The van der Waals surface area contributed by atoms with Crippen LogP contribution in [0.3, 0.4) is 0 Å². The molecule has 0 aromatic heterocycles. The van der Waals surface area contributed by atoms with E-state index in [-0.39, 0.29) is 35.2 Å². The van der Waals surface area contributed by atoms with Gasteiger partial charge in [-0.1, -0.05) is 15.9 Å². The van der Waals surface area contributed by atoms with Crippen molar-refractivity contribution >= 4 is 41.5 Å². The number of nitrogens with two attached hydrogens (primary N) is 1. The Kier molecular flexibility index (Phi) is 4.43. The topological polar surface area (TPSA) is 97.5 Å². The number of sulfonamides is 1. The van der Waals surface area contributed by atoms with Gasteiger partial charge in [0, 0.05) is 17.6 Å². The van der Waals surface area contributed by atoms with Gasteiger partial charge in [-0.05, 0) is 24.6 Å². The van der Waals surface area contributed by atoms with E-state index in [1.165, 1.54) is 16.4 Å². The highest BCUT2D eigenvalue weighted by atomic mass is 79.9. The van der Waals surface area contributed by atoms with Crippen LogP contribution in [0.25, 0.3) is 0 Å². The molecule has 1 fully saturated rings. The Morgan fingerprint density at radius 3 is 2.60 bits per heavy atom. The third kappa shape index (κ3) is 3.33. The van der Waals surface area contributed by atoms with Gasteiger partial charge in [-0.2, -0.15) is 4.31 Å². The molecule has 0 amide bonds. The van der Waals surface area contributed by atoms with Crippen LogP contribution in [0.2, 0.25) is 0 Å². The van der Waals surface area contributed by atoms with Crippen LogP contribution in [-0.4, -0.2) is 45.7 Å². The standard InChI is InChI=1S/C11H15BrN2O4S2/c12-9-2-3-10(13)11(8-9)20(17,18)14-4-1-6-19(15,16)7-5-14/h2-3,8H,1,4-7,13H2. The highest BCUT2D eigenvalue weighted by molar-refractivity contribution is 9.10. The molecule has 20 heavy (non-hydrogen) atoms. The minimum atomic E-state index is -3.77. The average molecular weight is 383 g/mol. The maximum atomic E-state index is 12.6. The van der Waals surface area contributed by atoms with Crippen molar-refractivity contribution < 1.29 is 16.8 Å². The highest BCUT2D eigenvalue weighted by Gasteiger charge is 2.30. The zero-order valence-electron chi connectivity index (χ0n) is 10.6. The number of anilines is 1. The van der Waals surface area contributed by atoms with E-state index in [0.29, 0.717) is 10.9 Å². The predicted octanol–water partition coefficient (Wildman–Crippen LogP) is 0.841. The third-order valence-electron chi connectivity index (χ3n) is 3.11. The minimum Gasteiger partial charge on any atom is -0.398 e. The number of nitrogen functional groups attached to an aromatic ring is 1. The van der Waals surface area contributed by atoms with Crippen LogP contribution in [0.1, 0.15) is 6.42 Å². The van der Waals surface area contributed by atoms with Crippen molar-refractivity contribution in [2.24, 2.45) is 0 Å². The van der Waals surface area contributed by atoms with Gasteiger partial charge in [-0.3, -0.25) is 0 Å². The zero-order valence-corrected chi connectivity index (χ0v) is 13.8. The van der Waals surface area contributed by atoms with Gasteiger partial charge in [0.1, 0.15) is 4.90 Å². The van der Waals surface area contributed by atoms with Crippen molar-refractivity contribution in [3.8, 4) is 0 Å². The predicted molar refractivity (Wildman–Crippen MR) is 80.6 cm³/mol. The molecule has 2 rings (SSSR count). The van der Waals surface area contributed by atoms with Crippen LogP contribution < -0.4 is 5.73 Å². The number of hydrogen-bond acceptors (Lipinski definition) is 5. The summed E-state index contributed by atoms with van der Waals surface area (Å²) in [7, 11) is -6.93. The molecular formula is C11H15BrN2O4S2. The van der Waals surface area contributed by atoms with E-state index in [1.807, 2.05) is 0 Å². The SMILES string of the molecule is Nc1ccc(Br)cc1S(=O)(=O)N1CCCS(=O)(=O)CC1. The summed E-state index contributed by atoms with van der Waals surface area (Å²) >= 11 is 3.21. The molecule has 1 aromatic carbocycles. The Labute approximate surface area is 127 Å². The second kappa shape index (κ2) is 5.63. The molecule has 0 unspecified atom stereocenters. The fourth-order valence-electron chi connectivity index (χ4n) is 2.03. The summed E-state index contributed by atoms with van der Waals surface area (Å²) in [6.07, 6.45) is 0.301. The average Bonchev–Trinajstić information content (AvgIpc) is 2.53. The van der Waals surface area contributed by atoms with Crippen molar-refractivity contribution in [3.05, 3.63) is 22.7 Å². The molecular weight excluding hydrogens is 368 g/mol. The first kappa shape index (κ1) is 15.7. The number of hydrogen-bond donors (Lipinski definition) is 1. The van der Waals surface area contributed by atoms with Crippen molar-refractivity contribution in [1.82, 2.24) is 4.31 Å². The lowest BCUT2D eigenvalue weighted by Gasteiger charge is -2.20. The van der Waals surface area contributed by atoms with E-state index in [1.54, 1.807) is 6.07 Å². The first-order chi connectivity index (χ1) is 9.22. The van der Waals surface area contributed by atoms with E-state index in [4.69, 9.17) is 5.73 Å². The summed E-state index contributed by atoms with van der Waals surface area (Å²) in [5.74, 6) is -0.132. The summed E-state index contributed by atoms with van der Waals surface area (Å²) in [5, 5.41) is 0. The molecule has 0 aliphatic carbocycles. The summed E-state index contributed by atoms with van der Waals surface area (Å²) in [5.41, 5.74) is 5.88. The van der Waals surface area contributed by atoms with Gasteiger partial charge in [0.2, 0.25) is 10.0 Å².